The van der Waals surface area contributed by atoms with E-state index in [1.54, 1.807) is 35.6 Å². The number of halogens is 1. The van der Waals surface area contributed by atoms with Gasteiger partial charge in [-0.15, -0.1) is 11.3 Å². The predicted molar refractivity (Wildman–Crippen MR) is 108 cm³/mol. The fourth-order valence-corrected chi connectivity index (χ4v) is 4.59. The molecule has 3 aromatic rings. The molecule has 0 fully saturated rings. The van der Waals surface area contributed by atoms with Crippen molar-refractivity contribution in [1.29, 1.82) is 0 Å². The second-order valence-electron chi connectivity index (χ2n) is 6.25. The van der Waals surface area contributed by atoms with Crippen LogP contribution in [0.3, 0.4) is 0 Å². The van der Waals surface area contributed by atoms with Crippen molar-refractivity contribution in [2.75, 3.05) is 4.72 Å². The van der Waals surface area contributed by atoms with Gasteiger partial charge in [0.05, 0.1) is 17.9 Å². The third-order valence-electron chi connectivity index (χ3n) is 4.04. The van der Waals surface area contributed by atoms with Gasteiger partial charge in [-0.2, -0.15) is 0 Å². The Kier molecular flexibility index (Phi) is 6.11. The summed E-state index contributed by atoms with van der Waals surface area (Å²) in [6.07, 6.45) is 0.204. The number of thiophene rings is 1. The Morgan fingerprint density at radius 3 is 2.50 bits per heavy atom. The summed E-state index contributed by atoms with van der Waals surface area (Å²) < 4.78 is 40.7. The number of hydrogen-bond donors (Lipinski definition) is 2. The Balaban J connectivity index is 1.61. The van der Waals surface area contributed by atoms with Gasteiger partial charge in [-0.3, -0.25) is 9.52 Å². The molecule has 8 heteroatoms. The molecule has 0 radical (unpaired) electrons. The van der Waals surface area contributed by atoms with E-state index in [1.807, 2.05) is 17.5 Å². The van der Waals surface area contributed by atoms with Gasteiger partial charge in [-0.1, -0.05) is 18.2 Å². The first-order chi connectivity index (χ1) is 13.3. The van der Waals surface area contributed by atoms with Crippen molar-refractivity contribution in [2.24, 2.45) is 0 Å². The molecule has 2 aromatic carbocycles. The van der Waals surface area contributed by atoms with Crippen LogP contribution >= 0.6 is 11.3 Å². The van der Waals surface area contributed by atoms with E-state index in [1.165, 1.54) is 19.1 Å². The Morgan fingerprint density at radius 1 is 1.11 bits per heavy atom. The number of aryl methyl sites for hydroxylation is 1. The van der Waals surface area contributed by atoms with Gasteiger partial charge in [0.15, 0.2) is 0 Å². The van der Waals surface area contributed by atoms with Gasteiger partial charge in [-0.05, 0) is 59.8 Å². The van der Waals surface area contributed by atoms with E-state index < -0.39 is 15.8 Å². The van der Waals surface area contributed by atoms with Gasteiger partial charge < -0.3 is 5.32 Å². The molecule has 0 saturated carbocycles. The summed E-state index contributed by atoms with van der Waals surface area (Å²) in [4.78, 5) is 13.1. The molecule has 0 aliphatic heterocycles. The van der Waals surface area contributed by atoms with E-state index in [9.17, 15) is 17.6 Å². The SMILES string of the molecule is Cc1cc(F)ccc1S(=O)(=O)Nc1ccc(CC(=O)NCc2cccs2)cc1. The van der Waals surface area contributed by atoms with Crippen LogP contribution < -0.4 is 10.0 Å². The van der Waals surface area contributed by atoms with Gasteiger partial charge in [-0.25, -0.2) is 12.8 Å². The highest BCUT2D eigenvalue weighted by molar-refractivity contribution is 7.92. The molecule has 28 heavy (non-hydrogen) atoms. The highest BCUT2D eigenvalue weighted by Crippen LogP contribution is 2.20. The van der Waals surface area contributed by atoms with Crippen molar-refractivity contribution in [3.05, 3.63) is 81.8 Å². The van der Waals surface area contributed by atoms with Gasteiger partial charge >= 0.3 is 0 Å². The summed E-state index contributed by atoms with van der Waals surface area (Å²) in [5.41, 5.74) is 1.46. The molecular weight excluding hydrogens is 399 g/mol. The molecule has 3 rings (SSSR count). The number of amides is 1. The average molecular weight is 419 g/mol. The molecule has 0 atom stereocenters. The molecular formula is C20H19FN2O3S2. The van der Waals surface area contributed by atoms with Crippen LogP contribution in [0.4, 0.5) is 10.1 Å². The van der Waals surface area contributed by atoms with E-state index in [4.69, 9.17) is 0 Å². The Labute approximate surface area is 167 Å². The third kappa shape index (κ3) is 5.17. The molecule has 0 saturated heterocycles. The first kappa shape index (κ1) is 20.0. The van der Waals surface area contributed by atoms with E-state index in [2.05, 4.69) is 10.0 Å². The minimum Gasteiger partial charge on any atom is -0.351 e. The minimum absolute atomic E-state index is 0.0194. The van der Waals surface area contributed by atoms with Gasteiger partial charge in [0.2, 0.25) is 5.91 Å². The van der Waals surface area contributed by atoms with Gasteiger partial charge in [0.25, 0.3) is 10.0 Å². The Hall–Kier alpha value is -2.71. The summed E-state index contributed by atoms with van der Waals surface area (Å²) >= 11 is 1.58. The van der Waals surface area contributed by atoms with Crippen LogP contribution in [0.5, 0.6) is 0 Å². The van der Waals surface area contributed by atoms with Crippen LogP contribution in [0.25, 0.3) is 0 Å². The average Bonchev–Trinajstić information content (AvgIpc) is 3.15. The first-order valence-corrected chi connectivity index (χ1v) is 10.9. The molecule has 5 nitrogen and oxygen atoms in total. The fraction of sp³-hybridized carbons (Fsp3) is 0.150. The number of sulfonamides is 1. The lowest BCUT2D eigenvalue weighted by Gasteiger charge is -2.11. The summed E-state index contributed by atoms with van der Waals surface area (Å²) in [6, 6.07) is 14.0. The maximum atomic E-state index is 13.2. The molecule has 146 valence electrons. The zero-order chi connectivity index (χ0) is 20.1. The zero-order valence-electron chi connectivity index (χ0n) is 15.1. The second kappa shape index (κ2) is 8.53. The largest absolute Gasteiger partial charge is 0.351 e. The van der Waals surface area contributed by atoms with Crippen molar-refractivity contribution in [3.8, 4) is 0 Å². The number of anilines is 1. The van der Waals surface area contributed by atoms with E-state index in [0.717, 1.165) is 16.5 Å². The topological polar surface area (TPSA) is 75.3 Å². The minimum atomic E-state index is -3.83. The Morgan fingerprint density at radius 2 is 1.86 bits per heavy atom. The van der Waals surface area contributed by atoms with Crippen molar-refractivity contribution in [2.45, 2.75) is 24.8 Å². The van der Waals surface area contributed by atoms with Crippen molar-refractivity contribution in [1.82, 2.24) is 5.32 Å². The summed E-state index contributed by atoms with van der Waals surface area (Å²) in [5, 5.41) is 4.80. The lowest BCUT2D eigenvalue weighted by atomic mass is 10.1. The number of benzene rings is 2. The van der Waals surface area contributed by atoms with E-state index in [0.29, 0.717) is 17.8 Å². The normalized spacial score (nSPS) is 11.2. The summed E-state index contributed by atoms with van der Waals surface area (Å²) in [5.74, 6) is -0.596. The van der Waals surface area contributed by atoms with Gasteiger partial charge in [0, 0.05) is 10.6 Å². The van der Waals surface area contributed by atoms with Gasteiger partial charge in [0.1, 0.15) is 5.82 Å². The molecule has 0 unspecified atom stereocenters. The van der Waals surface area contributed by atoms with Crippen molar-refractivity contribution >= 4 is 33.0 Å². The standard InChI is InChI=1S/C20H19FN2O3S2/c1-14-11-16(21)6-9-19(14)28(25,26)23-17-7-4-15(5-8-17)12-20(24)22-13-18-3-2-10-27-18/h2-11,23H,12-13H2,1H3,(H,22,24). The number of carbonyl (C=O) groups is 1. The van der Waals surface area contributed by atoms with Crippen molar-refractivity contribution < 1.29 is 17.6 Å². The van der Waals surface area contributed by atoms with Crippen LogP contribution in [0.15, 0.2) is 64.9 Å². The fourth-order valence-electron chi connectivity index (χ4n) is 2.66. The van der Waals surface area contributed by atoms with Crippen LogP contribution in [-0.4, -0.2) is 14.3 Å². The smallest absolute Gasteiger partial charge is 0.262 e. The van der Waals surface area contributed by atoms with Crippen LogP contribution in [0.1, 0.15) is 16.0 Å². The lowest BCUT2D eigenvalue weighted by molar-refractivity contribution is -0.120. The quantitative estimate of drug-likeness (QED) is 0.612. The first-order valence-electron chi connectivity index (χ1n) is 8.50. The maximum absolute atomic E-state index is 13.2. The maximum Gasteiger partial charge on any atom is 0.262 e. The Bertz CT molecular complexity index is 1060. The van der Waals surface area contributed by atoms with E-state index >= 15 is 0 Å². The van der Waals surface area contributed by atoms with Crippen LogP contribution in [-0.2, 0) is 27.8 Å². The van der Waals surface area contributed by atoms with Crippen LogP contribution in [0.2, 0.25) is 0 Å². The molecule has 2 N–H and O–H groups in total. The zero-order valence-corrected chi connectivity index (χ0v) is 16.7. The number of nitrogens with one attached hydrogen (secondary N) is 2. The molecule has 1 amide bonds. The molecule has 0 aliphatic rings. The highest BCUT2D eigenvalue weighted by atomic mass is 32.2. The molecule has 0 spiro atoms. The van der Waals surface area contributed by atoms with Crippen LogP contribution in [0, 0.1) is 12.7 Å². The predicted octanol–water partition coefficient (Wildman–Crippen LogP) is 3.86. The molecule has 0 bridgehead atoms. The van der Waals surface area contributed by atoms with E-state index in [-0.39, 0.29) is 17.2 Å². The third-order valence-corrected chi connectivity index (χ3v) is 6.46. The number of carbonyl (C=O) groups excluding carboxylic acids is 1. The number of hydrogen-bond acceptors (Lipinski definition) is 4. The number of rotatable bonds is 7. The molecule has 1 aromatic heterocycles. The summed E-state index contributed by atoms with van der Waals surface area (Å²) in [6.45, 7) is 2.03. The van der Waals surface area contributed by atoms with Crippen molar-refractivity contribution in [3.63, 3.8) is 0 Å². The summed E-state index contributed by atoms with van der Waals surface area (Å²) in [7, 11) is -3.83. The second-order valence-corrected chi connectivity index (χ2v) is 8.93. The monoisotopic (exact) mass is 418 g/mol. The molecule has 1 heterocycles. The highest BCUT2D eigenvalue weighted by Gasteiger charge is 2.17. The lowest BCUT2D eigenvalue weighted by Crippen LogP contribution is -2.24. The molecule has 0 aliphatic carbocycles.